The van der Waals surface area contributed by atoms with Crippen LogP contribution in [0.1, 0.15) is 42.1 Å². The second-order valence-corrected chi connectivity index (χ2v) is 10.6. The summed E-state index contributed by atoms with van der Waals surface area (Å²) in [4.78, 5) is 15.3. The Morgan fingerprint density at radius 1 is 1.09 bits per heavy atom. The van der Waals surface area contributed by atoms with Crippen molar-refractivity contribution in [1.82, 2.24) is 19.4 Å². The van der Waals surface area contributed by atoms with Crippen LogP contribution in [-0.4, -0.2) is 53.9 Å². The number of sulfonamides is 1. The minimum atomic E-state index is -3.29. The van der Waals surface area contributed by atoms with E-state index in [1.807, 2.05) is 38.1 Å². The van der Waals surface area contributed by atoms with Crippen LogP contribution in [0.3, 0.4) is 0 Å². The van der Waals surface area contributed by atoms with Crippen LogP contribution < -0.4 is 4.72 Å². The third-order valence-electron chi connectivity index (χ3n) is 5.96. The summed E-state index contributed by atoms with van der Waals surface area (Å²) in [6.45, 7) is 4.73. The standard InChI is InChI=1S/C25H29FN4O3S/c1-3-16-34(32,33)28-21-12-14-29(15-13-21)25(31)23-17-30(22-10-8-20(26)9-11-22)27-24(23)19-6-4-18(2)5-7-19/h4-11,17,21,28H,3,12-16H2,1-2H3. The molecule has 0 bridgehead atoms. The summed E-state index contributed by atoms with van der Waals surface area (Å²) in [5.41, 5.74) is 3.58. The molecule has 0 aliphatic carbocycles. The fraction of sp³-hybridized carbons (Fsp3) is 0.360. The van der Waals surface area contributed by atoms with Gasteiger partial charge in [-0.1, -0.05) is 36.8 Å². The number of benzene rings is 2. The molecule has 1 saturated heterocycles. The average molecular weight is 485 g/mol. The van der Waals surface area contributed by atoms with Crippen molar-refractivity contribution in [2.45, 2.75) is 39.2 Å². The maximum absolute atomic E-state index is 13.5. The molecule has 1 aliphatic rings. The van der Waals surface area contributed by atoms with Gasteiger partial charge in [0.15, 0.2) is 0 Å². The maximum Gasteiger partial charge on any atom is 0.257 e. The van der Waals surface area contributed by atoms with Gasteiger partial charge in [0.05, 0.1) is 17.0 Å². The van der Waals surface area contributed by atoms with Gasteiger partial charge in [-0.3, -0.25) is 4.79 Å². The summed E-state index contributed by atoms with van der Waals surface area (Å²) < 4.78 is 41.9. The van der Waals surface area contributed by atoms with E-state index in [1.54, 1.807) is 27.9 Å². The Hall–Kier alpha value is -3.04. The van der Waals surface area contributed by atoms with Gasteiger partial charge in [0.2, 0.25) is 10.0 Å². The highest BCUT2D eigenvalue weighted by Crippen LogP contribution is 2.27. The van der Waals surface area contributed by atoms with Crippen molar-refractivity contribution in [3.63, 3.8) is 0 Å². The first-order valence-electron chi connectivity index (χ1n) is 11.5. The SMILES string of the molecule is CCCS(=O)(=O)NC1CCN(C(=O)c2cn(-c3ccc(F)cc3)nc2-c2ccc(C)cc2)CC1. The van der Waals surface area contributed by atoms with E-state index in [0.29, 0.717) is 49.3 Å². The average Bonchev–Trinajstić information content (AvgIpc) is 3.25. The molecule has 4 rings (SSSR count). The molecule has 1 fully saturated rings. The van der Waals surface area contributed by atoms with Crippen molar-refractivity contribution < 1.29 is 17.6 Å². The molecule has 3 aromatic rings. The highest BCUT2D eigenvalue weighted by atomic mass is 32.2. The summed E-state index contributed by atoms with van der Waals surface area (Å²) in [7, 11) is -3.29. The highest BCUT2D eigenvalue weighted by Gasteiger charge is 2.29. The van der Waals surface area contributed by atoms with E-state index in [0.717, 1.165) is 11.1 Å². The molecule has 9 heteroatoms. The largest absolute Gasteiger partial charge is 0.338 e. The number of aromatic nitrogens is 2. The molecule has 0 unspecified atom stereocenters. The van der Waals surface area contributed by atoms with Crippen molar-refractivity contribution in [3.05, 3.63) is 71.7 Å². The first-order valence-corrected chi connectivity index (χ1v) is 13.1. The van der Waals surface area contributed by atoms with Gasteiger partial charge in [0.1, 0.15) is 11.5 Å². The lowest BCUT2D eigenvalue weighted by molar-refractivity contribution is 0.0712. The fourth-order valence-corrected chi connectivity index (χ4v) is 5.53. The van der Waals surface area contributed by atoms with Crippen LogP contribution in [-0.2, 0) is 10.0 Å². The van der Waals surface area contributed by atoms with Gasteiger partial charge in [-0.15, -0.1) is 0 Å². The third-order valence-corrected chi connectivity index (χ3v) is 7.60. The minimum Gasteiger partial charge on any atom is -0.338 e. The summed E-state index contributed by atoms with van der Waals surface area (Å²) in [6, 6.07) is 13.6. The predicted octanol–water partition coefficient (Wildman–Crippen LogP) is 3.92. The van der Waals surface area contributed by atoms with Crippen molar-refractivity contribution in [2.24, 2.45) is 0 Å². The van der Waals surface area contributed by atoms with Gasteiger partial charge in [0, 0.05) is 30.9 Å². The molecule has 0 saturated carbocycles. The molecular formula is C25H29FN4O3S. The normalized spacial score (nSPS) is 15.0. The van der Waals surface area contributed by atoms with Gasteiger partial charge in [-0.25, -0.2) is 22.2 Å². The van der Waals surface area contributed by atoms with Crippen molar-refractivity contribution in [2.75, 3.05) is 18.8 Å². The van der Waals surface area contributed by atoms with E-state index < -0.39 is 10.0 Å². The van der Waals surface area contributed by atoms with E-state index in [4.69, 9.17) is 0 Å². The van der Waals surface area contributed by atoms with Crippen LogP contribution in [0.4, 0.5) is 4.39 Å². The number of halogens is 1. The van der Waals surface area contributed by atoms with Crippen LogP contribution in [0.2, 0.25) is 0 Å². The highest BCUT2D eigenvalue weighted by molar-refractivity contribution is 7.89. The molecule has 0 atom stereocenters. The molecule has 1 aromatic heterocycles. The van der Waals surface area contributed by atoms with E-state index in [2.05, 4.69) is 9.82 Å². The van der Waals surface area contributed by atoms with Crippen LogP contribution in [0.5, 0.6) is 0 Å². The van der Waals surface area contributed by atoms with Crippen molar-refractivity contribution in [1.29, 1.82) is 0 Å². The number of amides is 1. The quantitative estimate of drug-likeness (QED) is 0.551. The zero-order valence-electron chi connectivity index (χ0n) is 19.4. The molecule has 1 aliphatic heterocycles. The molecule has 2 heterocycles. The first-order chi connectivity index (χ1) is 16.3. The summed E-state index contributed by atoms with van der Waals surface area (Å²) in [6.07, 6.45) is 3.36. The van der Waals surface area contributed by atoms with E-state index in [-0.39, 0.29) is 23.5 Å². The van der Waals surface area contributed by atoms with Crippen LogP contribution in [0.15, 0.2) is 54.7 Å². The monoisotopic (exact) mass is 484 g/mol. The van der Waals surface area contributed by atoms with Crippen LogP contribution in [0, 0.1) is 12.7 Å². The fourth-order valence-electron chi connectivity index (χ4n) is 4.13. The minimum absolute atomic E-state index is 0.106. The number of hydrogen-bond donors (Lipinski definition) is 1. The summed E-state index contributed by atoms with van der Waals surface area (Å²) in [5, 5.41) is 4.66. The van der Waals surface area contributed by atoms with Crippen molar-refractivity contribution >= 4 is 15.9 Å². The van der Waals surface area contributed by atoms with Gasteiger partial charge in [-0.2, -0.15) is 5.10 Å². The molecule has 34 heavy (non-hydrogen) atoms. The number of aryl methyl sites for hydroxylation is 1. The molecule has 180 valence electrons. The lowest BCUT2D eigenvalue weighted by atomic mass is 10.0. The number of likely N-dealkylation sites (tertiary alicyclic amines) is 1. The van der Waals surface area contributed by atoms with E-state index in [1.165, 1.54) is 12.1 Å². The lowest BCUT2D eigenvalue weighted by Gasteiger charge is -2.32. The lowest BCUT2D eigenvalue weighted by Crippen LogP contribution is -2.47. The molecule has 0 spiro atoms. The number of piperidine rings is 1. The Balaban J connectivity index is 1.58. The Labute approximate surface area is 199 Å². The van der Waals surface area contributed by atoms with Gasteiger partial charge >= 0.3 is 0 Å². The zero-order chi connectivity index (χ0) is 24.3. The van der Waals surface area contributed by atoms with E-state index >= 15 is 0 Å². The molecule has 1 amide bonds. The predicted molar refractivity (Wildman–Crippen MR) is 130 cm³/mol. The smallest absolute Gasteiger partial charge is 0.257 e. The summed E-state index contributed by atoms with van der Waals surface area (Å²) in [5.74, 6) is -0.392. The van der Waals surface area contributed by atoms with Gasteiger partial charge in [-0.05, 0) is 50.5 Å². The molecular weight excluding hydrogens is 455 g/mol. The van der Waals surface area contributed by atoms with Gasteiger partial charge < -0.3 is 4.90 Å². The third kappa shape index (κ3) is 5.53. The number of nitrogens with zero attached hydrogens (tertiary/aromatic N) is 3. The zero-order valence-corrected chi connectivity index (χ0v) is 20.2. The Kier molecular flexibility index (Phi) is 7.13. The van der Waals surface area contributed by atoms with Crippen LogP contribution >= 0.6 is 0 Å². The van der Waals surface area contributed by atoms with Gasteiger partial charge in [0.25, 0.3) is 5.91 Å². The number of nitrogens with one attached hydrogen (secondary N) is 1. The second kappa shape index (κ2) is 10.1. The number of carbonyl (C=O) groups excluding carboxylic acids is 1. The van der Waals surface area contributed by atoms with Crippen molar-refractivity contribution in [3.8, 4) is 16.9 Å². The molecule has 0 radical (unpaired) electrons. The molecule has 7 nitrogen and oxygen atoms in total. The number of rotatable bonds is 7. The Morgan fingerprint density at radius 2 is 1.74 bits per heavy atom. The summed E-state index contributed by atoms with van der Waals surface area (Å²) >= 11 is 0. The first kappa shape index (κ1) is 24.1. The Bertz CT molecular complexity index is 1250. The molecule has 2 aromatic carbocycles. The molecule has 1 N–H and O–H groups in total. The van der Waals surface area contributed by atoms with Crippen LogP contribution in [0.25, 0.3) is 16.9 Å². The number of carbonyl (C=O) groups is 1. The van der Waals surface area contributed by atoms with E-state index in [9.17, 15) is 17.6 Å². The second-order valence-electron chi connectivity index (χ2n) is 8.68. The maximum atomic E-state index is 13.5. The topological polar surface area (TPSA) is 84.3 Å². The Morgan fingerprint density at radius 3 is 2.35 bits per heavy atom. The number of hydrogen-bond acceptors (Lipinski definition) is 4.